The van der Waals surface area contributed by atoms with Gasteiger partial charge in [0.1, 0.15) is 6.04 Å². The normalized spacial score (nSPS) is 11.9. The Hall–Kier alpha value is -2.24. The van der Waals surface area contributed by atoms with Gasteiger partial charge in [0.05, 0.1) is 12.7 Å². The van der Waals surface area contributed by atoms with Crippen molar-refractivity contribution < 1.29 is 14.3 Å². The number of carbonyl (C=O) groups is 2. The molecule has 1 rings (SSSR count). The van der Waals surface area contributed by atoms with Crippen LogP contribution in [0.5, 0.6) is 0 Å². The Morgan fingerprint density at radius 2 is 1.90 bits per heavy atom. The van der Waals surface area contributed by atoms with E-state index in [2.05, 4.69) is 5.32 Å². The van der Waals surface area contributed by atoms with Crippen LogP contribution in [0.25, 0.3) is 0 Å². The number of nitrogens with zero attached hydrogens (tertiary/aromatic N) is 1. The van der Waals surface area contributed by atoms with Gasteiger partial charge in [-0.2, -0.15) is 0 Å². The molecule has 21 heavy (non-hydrogen) atoms. The van der Waals surface area contributed by atoms with Gasteiger partial charge in [0.25, 0.3) is 5.91 Å². The van der Waals surface area contributed by atoms with Crippen molar-refractivity contribution >= 4 is 23.3 Å². The summed E-state index contributed by atoms with van der Waals surface area (Å²) in [6.45, 7) is 3.79. The van der Waals surface area contributed by atoms with Crippen LogP contribution >= 0.6 is 0 Å². The first-order valence-corrected chi connectivity index (χ1v) is 6.73. The summed E-state index contributed by atoms with van der Waals surface area (Å²) < 4.78 is 4.80. The maximum atomic E-state index is 12.2. The SMILES string of the molecule is COC(=O)C(Nc1cc(N)ccc1C(=O)N(C)C)C(C)C. The second kappa shape index (κ2) is 6.97. The number of esters is 1. The minimum Gasteiger partial charge on any atom is -0.467 e. The molecule has 0 heterocycles. The van der Waals surface area contributed by atoms with E-state index in [1.54, 1.807) is 32.3 Å². The van der Waals surface area contributed by atoms with Gasteiger partial charge in [-0.1, -0.05) is 13.8 Å². The van der Waals surface area contributed by atoms with Crippen LogP contribution < -0.4 is 11.1 Å². The number of nitrogens with one attached hydrogen (secondary N) is 1. The molecule has 1 unspecified atom stereocenters. The van der Waals surface area contributed by atoms with Crippen LogP contribution in [0.2, 0.25) is 0 Å². The maximum Gasteiger partial charge on any atom is 0.328 e. The zero-order valence-electron chi connectivity index (χ0n) is 13.1. The number of hydrogen-bond donors (Lipinski definition) is 2. The molecule has 0 aromatic heterocycles. The number of rotatable bonds is 5. The number of benzene rings is 1. The lowest BCUT2D eigenvalue weighted by Crippen LogP contribution is -2.36. The predicted molar refractivity (Wildman–Crippen MR) is 83.1 cm³/mol. The molecule has 0 spiro atoms. The van der Waals surface area contributed by atoms with Gasteiger partial charge in [-0.3, -0.25) is 4.79 Å². The molecule has 0 aliphatic carbocycles. The first kappa shape index (κ1) is 16.8. The molecule has 0 bridgehead atoms. The molecule has 0 fully saturated rings. The summed E-state index contributed by atoms with van der Waals surface area (Å²) in [6, 6.07) is 4.40. The van der Waals surface area contributed by atoms with Crippen molar-refractivity contribution in [3.05, 3.63) is 23.8 Å². The Kier molecular flexibility index (Phi) is 5.58. The summed E-state index contributed by atoms with van der Waals surface area (Å²) in [6.07, 6.45) is 0. The van der Waals surface area contributed by atoms with Crippen LogP contribution in [-0.4, -0.2) is 44.0 Å². The zero-order chi connectivity index (χ0) is 16.2. The molecule has 0 saturated carbocycles. The molecule has 1 atom stereocenters. The average molecular weight is 293 g/mol. The van der Waals surface area contributed by atoms with Crippen LogP contribution in [0.1, 0.15) is 24.2 Å². The van der Waals surface area contributed by atoms with Crippen molar-refractivity contribution in [1.29, 1.82) is 0 Å². The highest BCUT2D eigenvalue weighted by Gasteiger charge is 2.25. The van der Waals surface area contributed by atoms with E-state index < -0.39 is 6.04 Å². The van der Waals surface area contributed by atoms with E-state index in [1.165, 1.54) is 12.0 Å². The lowest BCUT2D eigenvalue weighted by atomic mass is 10.0. The molecular weight excluding hydrogens is 270 g/mol. The molecule has 3 N–H and O–H groups in total. The molecule has 1 amide bonds. The molecule has 0 aliphatic rings. The van der Waals surface area contributed by atoms with E-state index in [9.17, 15) is 9.59 Å². The summed E-state index contributed by atoms with van der Waals surface area (Å²) in [4.78, 5) is 25.5. The topological polar surface area (TPSA) is 84.7 Å². The molecule has 0 radical (unpaired) electrons. The van der Waals surface area contributed by atoms with E-state index in [-0.39, 0.29) is 17.8 Å². The molecule has 116 valence electrons. The fourth-order valence-corrected chi connectivity index (χ4v) is 1.90. The summed E-state index contributed by atoms with van der Waals surface area (Å²) >= 11 is 0. The number of nitrogens with two attached hydrogens (primary N) is 1. The molecular formula is C15H23N3O3. The molecule has 1 aromatic rings. The first-order chi connectivity index (χ1) is 9.77. The van der Waals surface area contributed by atoms with Crippen molar-refractivity contribution in [1.82, 2.24) is 4.90 Å². The Morgan fingerprint density at radius 1 is 1.29 bits per heavy atom. The van der Waals surface area contributed by atoms with Crippen molar-refractivity contribution in [2.45, 2.75) is 19.9 Å². The fraction of sp³-hybridized carbons (Fsp3) is 0.467. The third kappa shape index (κ3) is 4.11. The van der Waals surface area contributed by atoms with E-state index in [0.29, 0.717) is 16.9 Å². The maximum absolute atomic E-state index is 12.2. The molecule has 0 saturated heterocycles. The van der Waals surface area contributed by atoms with E-state index in [0.717, 1.165) is 0 Å². The van der Waals surface area contributed by atoms with Gasteiger partial charge in [-0.25, -0.2) is 4.79 Å². The van der Waals surface area contributed by atoms with Gasteiger partial charge >= 0.3 is 5.97 Å². The number of anilines is 2. The summed E-state index contributed by atoms with van der Waals surface area (Å²) in [5, 5.41) is 3.07. The first-order valence-electron chi connectivity index (χ1n) is 6.73. The Labute approximate surface area is 125 Å². The van der Waals surface area contributed by atoms with Crippen molar-refractivity contribution in [2.24, 2.45) is 5.92 Å². The van der Waals surface area contributed by atoms with Gasteiger partial charge in [0.2, 0.25) is 0 Å². The van der Waals surface area contributed by atoms with Crippen LogP contribution in [0, 0.1) is 5.92 Å². The highest BCUT2D eigenvalue weighted by Crippen LogP contribution is 2.23. The predicted octanol–water partition coefficient (Wildman–Crippen LogP) is 1.58. The smallest absolute Gasteiger partial charge is 0.328 e. The van der Waals surface area contributed by atoms with Gasteiger partial charge in [0, 0.05) is 25.5 Å². The van der Waals surface area contributed by atoms with E-state index >= 15 is 0 Å². The monoisotopic (exact) mass is 293 g/mol. The fourth-order valence-electron chi connectivity index (χ4n) is 1.90. The highest BCUT2D eigenvalue weighted by atomic mass is 16.5. The minimum atomic E-state index is -0.550. The van der Waals surface area contributed by atoms with Crippen LogP contribution in [0.4, 0.5) is 11.4 Å². The second-order valence-electron chi connectivity index (χ2n) is 5.39. The Morgan fingerprint density at radius 3 is 2.38 bits per heavy atom. The largest absolute Gasteiger partial charge is 0.467 e. The minimum absolute atomic E-state index is 0.00110. The number of nitrogen functional groups attached to an aromatic ring is 1. The molecule has 0 aliphatic heterocycles. The molecule has 6 heteroatoms. The van der Waals surface area contributed by atoms with E-state index in [4.69, 9.17) is 10.5 Å². The third-order valence-electron chi connectivity index (χ3n) is 3.11. The van der Waals surface area contributed by atoms with Crippen LogP contribution in [-0.2, 0) is 9.53 Å². The Balaban J connectivity index is 3.18. The van der Waals surface area contributed by atoms with Gasteiger partial charge in [-0.05, 0) is 24.1 Å². The number of ether oxygens (including phenoxy) is 1. The highest BCUT2D eigenvalue weighted by molar-refractivity contribution is 6.00. The standard InChI is InChI=1S/C15H23N3O3/c1-9(2)13(15(20)21-5)17-12-8-10(16)6-7-11(12)14(19)18(3)4/h6-9,13,17H,16H2,1-5H3. The van der Waals surface area contributed by atoms with Crippen molar-refractivity contribution in [3.8, 4) is 0 Å². The molecule has 6 nitrogen and oxygen atoms in total. The summed E-state index contributed by atoms with van der Waals surface area (Å²) in [5.74, 6) is -0.540. The molecule has 1 aromatic carbocycles. The van der Waals surface area contributed by atoms with Crippen molar-refractivity contribution in [2.75, 3.05) is 32.3 Å². The van der Waals surface area contributed by atoms with Crippen LogP contribution in [0.3, 0.4) is 0 Å². The van der Waals surface area contributed by atoms with Crippen molar-refractivity contribution in [3.63, 3.8) is 0 Å². The number of amides is 1. The average Bonchev–Trinajstić information content (AvgIpc) is 2.42. The number of carbonyl (C=O) groups excluding carboxylic acids is 2. The van der Waals surface area contributed by atoms with Gasteiger partial charge < -0.3 is 20.7 Å². The van der Waals surface area contributed by atoms with Gasteiger partial charge in [-0.15, -0.1) is 0 Å². The lowest BCUT2D eigenvalue weighted by molar-refractivity contribution is -0.142. The number of hydrogen-bond acceptors (Lipinski definition) is 5. The van der Waals surface area contributed by atoms with Gasteiger partial charge in [0.15, 0.2) is 0 Å². The Bertz CT molecular complexity index is 527. The quantitative estimate of drug-likeness (QED) is 0.636. The number of methoxy groups -OCH3 is 1. The zero-order valence-corrected chi connectivity index (χ0v) is 13.1. The summed E-state index contributed by atoms with van der Waals surface area (Å²) in [7, 11) is 4.68. The van der Waals surface area contributed by atoms with E-state index in [1.807, 2.05) is 13.8 Å². The third-order valence-corrected chi connectivity index (χ3v) is 3.11. The summed E-state index contributed by atoms with van der Waals surface area (Å²) in [5.41, 5.74) is 7.28. The lowest BCUT2D eigenvalue weighted by Gasteiger charge is -2.23. The second-order valence-corrected chi connectivity index (χ2v) is 5.39. The van der Waals surface area contributed by atoms with Crippen LogP contribution in [0.15, 0.2) is 18.2 Å².